The smallest absolute Gasteiger partial charge is 0.223 e. The topological polar surface area (TPSA) is 55.6 Å². The number of hydrogen-bond acceptors (Lipinski definition) is 3. The highest BCUT2D eigenvalue weighted by Gasteiger charge is 2.30. The van der Waals surface area contributed by atoms with E-state index < -0.39 is 0 Å². The number of carbonyl (C=O) groups is 1. The van der Waals surface area contributed by atoms with Gasteiger partial charge in [0.15, 0.2) is 0 Å². The Bertz CT molecular complexity index is 361. The Labute approximate surface area is 101 Å². The van der Waals surface area contributed by atoms with Gasteiger partial charge in [-0.2, -0.15) is 0 Å². The molecular formula is C13H18N2O2. The van der Waals surface area contributed by atoms with E-state index in [1.807, 2.05) is 30.3 Å². The molecule has 0 unspecified atom stereocenters. The number of benzene rings is 1. The molecule has 0 aromatic heterocycles. The van der Waals surface area contributed by atoms with E-state index in [2.05, 4.69) is 4.90 Å². The lowest BCUT2D eigenvalue weighted by Crippen LogP contribution is -2.53. The third kappa shape index (κ3) is 3.54. The highest BCUT2D eigenvalue weighted by Crippen LogP contribution is 2.13. The molecule has 0 atom stereocenters. The van der Waals surface area contributed by atoms with Crippen LogP contribution in [0.25, 0.3) is 0 Å². The monoisotopic (exact) mass is 234 g/mol. The molecule has 1 amide bonds. The van der Waals surface area contributed by atoms with E-state index >= 15 is 0 Å². The number of nitrogens with zero attached hydrogens (tertiary/aromatic N) is 1. The molecule has 0 aliphatic carbocycles. The predicted molar refractivity (Wildman–Crippen MR) is 65.2 cm³/mol. The second-order valence-corrected chi connectivity index (χ2v) is 4.40. The van der Waals surface area contributed by atoms with Crippen molar-refractivity contribution in [1.29, 1.82) is 0 Å². The first-order valence-electron chi connectivity index (χ1n) is 5.89. The molecule has 2 rings (SSSR count). The Morgan fingerprint density at radius 1 is 1.35 bits per heavy atom. The molecule has 1 saturated heterocycles. The van der Waals surface area contributed by atoms with Gasteiger partial charge in [0.25, 0.3) is 0 Å². The fraction of sp³-hybridized carbons (Fsp3) is 0.462. The summed E-state index contributed by atoms with van der Waals surface area (Å²) in [6.45, 7) is 3.78. The van der Waals surface area contributed by atoms with E-state index in [-0.39, 0.29) is 11.8 Å². The number of primary amides is 1. The lowest BCUT2D eigenvalue weighted by Gasteiger charge is -2.37. The number of nitrogens with two attached hydrogens (primary N) is 1. The van der Waals surface area contributed by atoms with Crippen molar-refractivity contribution >= 4 is 5.91 Å². The van der Waals surface area contributed by atoms with Crippen LogP contribution in [-0.2, 0) is 16.1 Å². The van der Waals surface area contributed by atoms with Crippen LogP contribution in [-0.4, -0.2) is 37.0 Å². The minimum Gasteiger partial charge on any atom is -0.375 e. The average molecular weight is 234 g/mol. The van der Waals surface area contributed by atoms with Crippen molar-refractivity contribution in [2.45, 2.75) is 6.61 Å². The fourth-order valence-corrected chi connectivity index (χ4v) is 1.89. The van der Waals surface area contributed by atoms with Crippen molar-refractivity contribution in [2.75, 3.05) is 26.2 Å². The molecular weight excluding hydrogens is 216 g/mol. The van der Waals surface area contributed by atoms with Gasteiger partial charge in [0.2, 0.25) is 5.91 Å². The number of carbonyl (C=O) groups excluding carboxylic acids is 1. The maximum atomic E-state index is 10.8. The zero-order valence-electron chi connectivity index (χ0n) is 9.84. The van der Waals surface area contributed by atoms with Crippen LogP contribution in [0.3, 0.4) is 0 Å². The lowest BCUT2D eigenvalue weighted by molar-refractivity contribution is -0.127. The quantitative estimate of drug-likeness (QED) is 0.734. The maximum Gasteiger partial charge on any atom is 0.223 e. The Kier molecular flexibility index (Phi) is 4.12. The van der Waals surface area contributed by atoms with Gasteiger partial charge in [-0.05, 0) is 5.56 Å². The summed E-state index contributed by atoms with van der Waals surface area (Å²) < 4.78 is 5.56. The van der Waals surface area contributed by atoms with Crippen LogP contribution in [0.15, 0.2) is 30.3 Å². The largest absolute Gasteiger partial charge is 0.375 e. The molecule has 2 N–H and O–H groups in total. The number of ether oxygens (including phenoxy) is 1. The van der Waals surface area contributed by atoms with Crippen molar-refractivity contribution in [3.8, 4) is 0 Å². The molecule has 17 heavy (non-hydrogen) atoms. The molecule has 92 valence electrons. The van der Waals surface area contributed by atoms with Gasteiger partial charge < -0.3 is 10.5 Å². The average Bonchev–Trinajstić information content (AvgIpc) is 2.27. The first-order valence-corrected chi connectivity index (χ1v) is 5.89. The van der Waals surface area contributed by atoms with Gasteiger partial charge in [-0.1, -0.05) is 30.3 Å². The molecule has 0 radical (unpaired) electrons. The van der Waals surface area contributed by atoms with Gasteiger partial charge in [0.05, 0.1) is 19.1 Å². The fourth-order valence-electron chi connectivity index (χ4n) is 1.89. The number of likely N-dealkylation sites (tertiary alicyclic amines) is 1. The number of hydrogen-bond donors (Lipinski definition) is 1. The van der Waals surface area contributed by atoms with Crippen LogP contribution >= 0.6 is 0 Å². The van der Waals surface area contributed by atoms with Gasteiger partial charge >= 0.3 is 0 Å². The summed E-state index contributed by atoms with van der Waals surface area (Å²) in [6, 6.07) is 10.1. The number of rotatable bonds is 6. The van der Waals surface area contributed by atoms with Crippen molar-refractivity contribution < 1.29 is 9.53 Å². The molecule has 0 bridgehead atoms. The molecule has 1 aliphatic rings. The van der Waals surface area contributed by atoms with Crippen LogP contribution < -0.4 is 5.73 Å². The summed E-state index contributed by atoms with van der Waals surface area (Å²) in [7, 11) is 0. The lowest BCUT2D eigenvalue weighted by atomic mass is 10.00. The first kappa shape index (κ1) is 12.1. The number of amides is 1. The van der Waals surface area contributed by atoms with Crippen molar-refractivity contribution in [2.24, 2.45) is 11.7 Å². The van der Waals surface area contributed by atoms with Crippen LogP contribution in [0.2, 0.25) is 0 Å². The summed E-state index contributed by atoms with van der Waals surface area (Å²) in [5.41, 5.74) is 6.38. The zero-order chi connectivity index (χ0) is 12.1. The molecule has 1 aromatic carbocycles. The Morgan fingerprint density at radius 2 is 2.06 bits per heavy atom. The summed E-state index contributed by atoms with van der Waals surface area (Å²) in [4.78, 5) is 13.0. The zero-order valence-corrected chi connectivity index (χ0v) is 9.84. The normalized spacial score (nSPS) is 16.7. The molecule has 1 aromatic rings. The van der Waals surface area contributed by atoms with E-state index in [4.69, 9.17) is 10.5 Å². The second kappa shape index (κ2) is 5.80. The third-order valence-corrected chi connectivity index (χ3v) is 3.02. The second-order valence-electron chi connectivity index (χ2n) is 4.40. The van der Waals surface area contributed by atoms with Gasteiger partial charge in [-0.25, -0.2) is 0 Å². The minimum absolute atomic E-state index is 0.0455. The molecule has 0 saturated carbocycles. The first-order chi connectivity index (χ1) is 8.25. The molecule has 1 heterocycles. The molecule has 4 nitrogen and oxygen atoms in total. The van der Waals surface area contributed by atoms with E-state index in [9.17, 15) is 4.79 Å². The Hall–Kier alpha value is -1.39. The van der Waals surface area contributed by atoms with Gasteiger partial charge in [0, 0.05) is 19.6 Å². The van der Waals surface area contributed by atoms with Crippen LogP contribution in [0, 0.1) is 5.92 Å². The van der Waals surface area contributed by atoms with Crippen molar-refractivity contribution in [3.63, 3.8) is 0 Å². The molecule has 1 aliphatic heterocycles. The van der Waals surface area contributed by atoms with E-state index in [0.29, 0.717) is 13.2 Å². The maximum absolute atomic E-state index is 10.8. The summed E-state index contributed by atoms with van der Waals surface area (Å²) in [6.07, 6.45) is 0. The Morgan fingerprint density at radius 3 is 2.71 bits per heavy atom. The van der Waals surface area contributed by atoms with Crippen molar-refractivity contribution in [1.82, 2.24) is 4.90 Å². The standard InChI is InChI=1S/C13H18N2O2/c14-13(16)12-8-15(9-12)6-7-17-10-11-4-2-1-3-5-11/h1-5,12H,6-10H2,(H2,14,16). The highest BCUT2D eigenvalue weighted by atomic mass is 16.5. The third-order valence-electron chi connectivity index (χ3n) is 3.02. The highest BCUT2D eigenvalue weighted by molar-refractivity contribution is 5.78. The van der Waals surface area contributed by atoms with Gasteiger partial charge in [-0.3, -0.25) is 9.69 Å². The van der Waals surface area contributed by atoms with Crippen molar-refractivity contribution in [3.05, 3.63) is 35.9 Å². The predicted octanol–water partition coefficient (Wildman–Crippen LogP) is 0.620. The Balaban J connectivity index is 1.55. The van der Waals surface area contributed by atoms with Gasteiger partial charge in [0.1, 0.15) is 0 Å². The van der Waals surface area contributed by atoms with Crippen LogP contribution in [0.1, 0.15) is 5.56 Å². The van der Waals surface area contributed by atoms with Crippen LogP contribution in [0.5, 0.6) is 0 Å². The van der Waals surface area contributed by atoms with Crippen LogP contribution in [0.4, 0.5) is 0 Å². The van der Waals surface area contributed by atoms with Gasteiger partial charge in [-0.15, -0.1) is 0 Å². The van der Waals surface area contributed by atoms with E-state index in [0.717, 1.165) is 19.6 Å². The summed E-state index contributed by atoms with van der Waals surface area (Å²) >= 11 is 0. The molecule has 4 heteroatoms. The minimum atomic E-state index is -0.188. The van der Waals surface area contributed by atoms with E-state index in [1.165, 1.54) is 5.56 Å². The molecule has 1 fully saturated rings. The van der Waals surface area contributed by atoms with E-state index in [1.54, 1.807) is 0 Å². The molecule has 0 spiro atoms. The summed E-state index contributed by atoms with van der Waals surface area (Å²) in [5, 5.41) is 0. The summed E-state index contributed by atoms with van der Waals surface area (Å²) in [5.74, 6) is -0.143. The SMILES string of the molecule is NC(=O)C1CN(CCOCc2ccccc2)C1.